The van der Waals surface area contributed by atoms with Crippen molar-refractivity contribution >= 4 is 34.5 Å². The number of aromatic amines is 1. The van der Waals surface area contributed by atoms with E-state index >= 15 is 0 Å². The lowest BCUT2D eigenvalue weighted by Crippen LogP contribution is -2.55. The van der Waals surface area contributed by atoms with E-state index in [4.69, 9.17) is 10.5 Å². The predicted octanol–water partition coefficient (Wildman–Crippen LogP) is 1.69. The Kier molecular flexibility index (Phi) is 4.60. The molecule has 3 aromatic rings. The number of ether oxygens (including phenoxy) is 1. The van der Waals surface area contributed by atoms with Gasteiger partial charge in [0.1, 0.15) is 11.6 Å². The van der Waals surface area contributed by atoms with Crippen LogP contribution >= 0.6 is 0 Å². The topological polar surface area (TPSA) is 125 Å². The minimum absolute atomic E-state index is 0.0581. The van der Waals surface area contributed by atoms with E-state index in [-0.39, 0.29) is 18.0 Å². The highest BCUT2D eigenvalue weighted by Gasteiger charge is 2.29. The molecule has 0 aliphatic carbocycles. The Labute approximate surface area is 161 Å². The first-order chi connectivity index (χ1) is 13.5. The van der Waals surface area contributed by atoms with Crippen molar-refractivity contribution in [2.45, 2.75) is 13.0 Å². The Morgan fingerprint density at radius 1 is 1.29 bits per heavy atom. The van der Waals surface area contributed by atoms with Crippen LogP contribution < -0.4 is 20.7 Å². The van der Waals surface area contributed by atoms with Crippen molar-refractivity contribution in [3.63, 3.8) is 0 Å². The highest BCUT2D eigenvalue weighted by atomic mass is 16.5. The smallest absolute Gasteiger partial charge is 0.321 e. The Bertz CT molecular complexity index is 987. The SMILES string of the molecule is COc1ccc(NC(=O)N2CCN(c3nc(N)nc4[nH]ncc34)C(C)C2)cc1. The first kappa shape index (κ1) is 17.8. The highest BCUT2D eigenvalue weighted by Crippen LogP contribution is 2.27. The van der Waals surface area contributed by atoms with Gasteiger partial charge >= 0.3 is 6.03 Å². The molecule has 10 heteroatoms. The molecule has 10 nitrogen and oxygen atoms in total. The number of carbonyl (C=O) groups is 1. The number of nitrogens with one attached hydrogen (secondary N) is 2. The van der Waals surface area contributed by atoms with Crippen LogP contribution in [0.4, 0.5) is 22.2 Å². The van der Waals surface area contributed by atoms with Crippen molar-refractivity contribution in [2.24, 2.45) is 0 Å². The second-order valence-electron chi connectivity index (χ2n) is 6.68. The zero-order valence-electron chi connectivity index (χ0n) is 15.7. The zero-order valence-corrected chi connectivity index (χ0v) is 15.7. The number of hydrogen-bond donors (Lipinski definition) is 3. The Balaban J connectivity index is 1.45. The van der Waals surface area contributed by atoms with Crippen molar-refractivity contribution in [3.05, 3.63) is 30.5 Å². The van der Waals surface area contributed by atoms with Gasteiger partial charge in [-0.3, -0.25) is 5.10 Å². The number of urea groups is 1. The summed E-state index contributed by atoms with van der Waals surface area (Å²) in [5.74, 6) is 1.67. The first-order valence-electron chi connectivity index (χ1n) is 8.98. The fraction of sp³-hybridized carbons (Fsp3) is 0.333. The van der Waals surface area contributed by atoms with Crippen molar-refractivity contribution < 1.29 is 9.53 Å². The van der Waals surface area contributed by atoms with Crippen LogP contribution in [0.2, 0.25) is 0 Å². The largest absolute Gasteiger partial charge is 0.497 e. The van der Waals surface area contributed by atoms with Crippen LogP contribution in [-0.4, -0.2) is 63.9 Å². The average Bonchev–Trinajstić information content (AvgIpc) is 3.16. The van der Waals surface area contributed by atoms with Crippen LogP contribution in [0.15, 0.2) is 30.5 Å². The number of anilines is 3. The first-order valence-corrected chi connectivity index (χ1v) is 8.98. The van der Waals surface area contributed by atoms with Gasteiger partial charge in [-0.1, -0.05) is 0 Å². The number of aromatic nitrogens is 4. The molecule has 0 bridgehead atoms. The molecule has 3 heterocycles. The molecule has 2 aromatic heterocycles. The molecule has 1 unspecified atom stereocenters. The lowest BCUT2D eigenvalue weighted by molar-refractivity contribution is 0.200. The number of benzene rings is 1. The monoisotopic (exact) mass is 382 g/mol. The van der Waals surface area contributed by atoms with Gasteiger partial charge in [-0.2, -0.15) is 15.1 Å². The summed E-state index contributed by atoms with van der Waals surface area (Å²) in [7, 11) is 1.61. The van der Waals surface area contributed by atoms with Crippen LogP contribution in [-0.2, 0) is 0 Å². The number of nitrogen functional groups attached to an aromatic ring is 1. The van der Waals surface area contributed by atoms with Crippen molar-refractivity contribution in [1.82, 2.24) is 25.1 Å². The van der Waals surface area contributed by atoms with Crippen LogP contribution in [0, 0.1) is 0 Å². The number of piperazine rings is 1. The third kappa shape index (κ3) is 3.36. The van der Waals surface area contributed by atoms with E-state index < -0.39 is 0 Å². The quantitative estimate of drug-likeness (QED) is 0.629. The maximum Gasteiger partial charge on any atom is 0.321 e. The molecule has 1 aromatic carbocycles. The minimum atomic E-state index is -0.132. The summed E-state index contributed by atoms with van der Waals surface area (Å²) in [4.78, 5) is 25.1. The third-order valence-corrected chi connectivity index (χ3v) is 4.83. The molecule has 0 saturated carbocycles. The van der Waals surface area contributed by atoms with Gasteiger partial charge in [0, 0.05) is 31.4 Å². The zero-order chi connectivity index (χ0) is 19.7. The molecular weight excluding hydrogens is 360 g/mol. The Hall–Kier alpha value is -3.56. The molecule has 0 radical (unpaired) electrons. The summed E-state index contributed by atoms with van der Waals surface area (Å²) < 4.78 is 5.14. The number of methoxy groups -OCH3 is 1. The highest BCUT2D eigenvalue weighted by molar-refractivity contribution is 5.90. The third-order valence-electron chi connectivity index (χ3n) is 4.83. The van der Waals surface area contributed by atoms with Crippen molar-refractivity contribution in [3.8, 4) is 5.75 Å². The van der Waals surface area contributed by atoms with E-state index in [2.05, 4.69) is 37.3 Å². The van der Waals surface area contributed by atoms with Gasteiger partial charge < -0.3 is 25.6 Å². The summed E-state index contributed by atoms with van der Waals surface area (Å²) in [6.07, 6.45) is 1.69. The number of rotatable bonds is 3. The maximum absolute atomic E-state index is 12.6. The number of amides is 2. The lowest BCUT2D eigenvalue weighted by Gasteiger charge is -2.40. The number of hydrogen-bond acceptors (Lipinski definition) is 7. The fourth-order valence-electron chi connectivity index (χ4n) is 3.39. The van der Waals surface area contributed by atoms with E-state index in [1.165, 1.54) is 0 Å². The summed E-state index contributed by atoms with van der Waals surface area (Å²) >= 11 is 0. The second-order valence-corrected chi connectivity index (χ2v) is 6.68. The summed E-state index contributed by atoms with van der Waals surface area (Å²) in [5.41, 5.74) is 7.17. The predicted molar refractivity (Wildman–Crippen MR) is 106 cm³/mol. The van der Waals surface area contributed by atoms with E-state index in [9.17, 15) is 4.79 Å². The maximum atomic E-state index is 12.6. The van der Waals surface area contributed by atoms with Crippen LogP contribution in [0.25, 0.3) is 11.0 Å². The van der Waals surface area contributed by atoms with E-state index in [1.807, 2.05) is 24.3 Å². The van der Waals surface area contributed by atoms with E-state index in [0.717, 1.165) is 22.6 Å². The van der Waals surface area contributed by atoms with E-state index in [0.29, 0.717) is 25.3 Å². The van der Waals surface area contributed by atoms with Crippen LogP contribution in [0.3, 0.4) is 0 Å². The van der Waals surface area contributed by atoms with Crippen LogP contribution in [0.1, 0.15) is 6.92 Å². The number of carbonyl (C=O) groups excluding carboxylic acids is 1. The van der Waals surface area contributed by atoms with Crippen molar-refractivity contribution in [2.75, 3.05) is 42.7 Å². The van der Waals surface area contributed by atoms with Gasteiger partial charge in [-0.25, -0.2) is 4.79 Å². The van der Waals surface area contributed by atoms with Gasteiger partial charge in [0.05, 0.1) is 18.7 Å². The van der Waals surface area contributed by atoms with Gasteiger partial charge in [0.15, 0.2) is 5.65 Å². The normalized spacial score (nSPS) is 17.0. The molecule has 1 aliphatic heterocycles. The molecule has 1 fully saturated rings. The Morgan fingerprint density at radius 3 is 2.79 bits per heavy atom. The number of H-pyrrole nitrogens is 1. The summed E-state index contributed by atoms with van der Waals surface area (Å²) in [6.45, 7) is 3.81. The molecule has 28 heavy (non-hydrogen) atoms. The molecule has 4 rings (SSSR count). The second kappa shape index (κ2) is 7.22. The molecule has 1 atom stereocenters. The van der Waals surface area contributed by atoms with Crippen molar-refractivity contribution in [1.29, 1.82) is 0 Å². The number of nitrogens with zero attached hydrogens (tertiary/aromatic N) is 5. The summed E-state index contributed by atoms with van der Waals surface area (Å²) in [5, 5.41) is 10.6. The lowest BCUT2D eigenvalue weighted by atomic mass is 10.2. The average molecular weight is 382 g/mol. The summed E-state index contributed by atoms with van der Waals surface area (Å²) in [6, 6.07) is 7.18. The molecule has 1 saturated heterocycles. The van der Waals surface area contributed by atoms with Crippen LogP contribution in [0.5, 0.6) is 5.75 Å². The van der Waals surface area contributed by atoms with Gasteiger partial charge in [0.2, 0.25) is 5.95 Å². The molecular formula is C18H22N8O2. The molecule has 0 spiro atoms. The van der Waals surface area contributed by atoms with Gasteiger partial charge in [0.25, 0.3) is 0 Å². The molecule has 2 amide bonds. The van der Waals surface area contributed by atoms with Gasteiger partial charge in [-0.05, 0) is 31.2 Å². The van der Waals surface area contributed by atoms with Gasteiger partial charge in [-0.15, -0.1) is 0 Å². The molecule has 1 aliphatic rings. The van der Waals surface area contributed by atoms with E-state index in [1.54, 1.807) is 18.2 Å². The minimum Gasteiger partial charge on any atom is -0.497 e. The Morgan fingerprint density at radius 2 is 2.07 bits per heavy atom. The number of fused-ring (bicyclic) bond motifs is 1. The fourth-order valence-corrected chi connectivity index (χ4v) is 3.39. The molecule has 4 N–H and O–H groups in total. The standard InChI is InChI=1S/C18H22N8O2/c1-11-10-25(18(27)21-12-3-5-13(28-2)6-4-12)7-8-26(11)16-14-9-20-24-15(14)22-17(19)23-16/h3-6,9,11H,7-8,10H2,1-2H3,(H,21,27)(H3,19,20,22,23,24). The number of nitrogens with two attached hydrogens (primary N) is 1. The molecule has 146 valence electrons.